The van der Waals surface area contributed by atoms with Crippen LogP contribution in [0.25, 0.3) is 21.6 Å². The third-order valence-electron chi connectivity index (χ3n) is 11.8. The highest BCUT2D eigenvalue weighted by molar-refractivity contribution is 5.84. The Morgan fingerprint density at radius 1 is 0.659 bits per heavy atom. The molecule has 25 heteroatoms. The summed E-state index contributed by atoms with van der Waals surface area (Å²) in [4.78, 5) is 56.4. The number of nitrogens with one attached hydrogen (secondary N) is 4. The molecule has 0 aliphatic heterocycles. The fourth-order valence-electron chi connectivity index (χ4n) is 7.23. The molecular formula is C57H89N17O8. The summed E-state index contributed by atoms with van der Waals surface area (Å²) in [7, 11) is 4.80. The van der Waals surface area contributed by atoms with Crippen molar-refractivity contribution in [2.24, 2.45) is 10.8 Å². The van der Waals surface area contributed by atoms with Crippen LogP contribution in [0.4, 0.5) is 4.79 Å². The van der Waals surface area contributed by atoms with E-state index in [-0.39, 0.29) is 30.2 Å². The van der Waals surface area contributed by atoms with Gasteiger partial charge in [0.1, 0.15) is 36.3 Å². The van der Waals surface area contributed by atoms with Crippen molar-refractivity contribution in [3.63, 3.8) is 0 Å². The van der Waals surface area contributed by atoms with Gasteiger partial charge in [0, 0.05) is 78.9 Å². The first-order chi connectivity index (χ1) is 39.6. The van der Waals surface area contributed by atoms with Crippen LogP contribution in [0.2, 0.25) is 0 Å². The van der Waals surface area contributed by atoms with Gasteiger partial charge in [-0.3, -0.25) is 33.2 Å². The Kier molecular flexibility index (Phi) is 39.9. The molecule has 82 heavy (non-hydrogen) atoms. The molecule has 0 radical (unpaired) electrons. The summed E-state index contributed by atoms with van der Waals surface area (Å²) in [6.07, 6.45) is 22.2. The molecule has 0 unspecified atom stereocenters. The monoisotopic (exact) mass is 1140 g/mol. The van der Waals surface area contributed by atoms with Crippen LogP contribution in [0.5, 0.6) is 0 Å². The lowest BCUT2D eigenvalue weighted by Gasteiger charge is -2.18. The van der Waals surface area contributed by atoms with E-state index in [4.69, 9.17) is 31.9 Å². The van der Waals surface area contributed by atoms with Crippen LogP contribution in [0, 0.1) is 12.3 Å². The molecule has 3 aromatic heterocycles. The van der Waals surface area contributed by atoms with Crippen LogP contribution in [0.15, 0.2) is 72.2 Å². The fourth-order valence-corrected chi connectivity index (χ4v) is 7.23. The van der Waals surface area contributed by atoms with Crippen molar-refractivity contribution in [1.82, 2.24) is 66.2 Å². The number of benzene rings is 2. The molecule has 5 aromatic rings. The van der Waals surface area contributed by atoms with Gasteiger partial charge in [-0.05, 0) is 66.3 Å². The first-order valence-corrected chi connectivity index (χ1v) is 27.8. The average Bonchev–Trinajstić information content (AvgIpc) is 4.50. The Balaban J connectivity index is 0.000000712. The lowest BCUT2D eigenvalue weighted by atomic mass is 9.98. The first-order valence-electron chi connectivity index (χ1n) is 27.8. The molecular weight excluding hydrogens is 1050 g/mol. The molecule has 1 aliphatic rings. The quantitative estimate of drug-likeness (QED) is 0.0105. The van der Waals surface area contributed by atoms with Crippen LogP contribution in [0.1, 0.15) is 153 Å². The largest absolute Gasteiger partial charge is 0.449 e. The first kappa shape index (κ1) is 71.8. The number of fused-ring (bicyclic) bond motifs is 3. The summed E-state index contributed by atoms with van der Waals surface area (Å²) in [5, 5.41) is 37.8. The Bertz CT molecular complexity index is 2580. The number of carbonyl (C=O) groups is 5. The van der Waals surface area contributed by atoms with Crippen molar-refractivity contribution in [2.45, 2.75) is 170 Å². The van der Waals surface area contributed by atoms with Crippen molar-refractivity contribution >= 4 is 29.7 Å². The number of hydrogen-bond acceptors (Lipinski definition) is 15. The molecule has 1 atom stereocenters. The number of nitrogens with two attached hydrogens (primary N) is 1. The normalized spacial score (nSPS) is 10.8. The number of aromatic nitrogens is 9. The molecule has 1 aliphatic carbocycles. The molecule has 2 aromatic carbocycles. The van der Waals surface area contributed by atoms with E-state index in [1.54, 1.807) is 25.8 Å². The third kappa shape index (κ3) is 32.8. The summed E-state index contributed by atoms with van der Waals surface area (Å²) >= 11 is 0. The van der Waals surface area contributed by atoms with Gasteiger partial charge in [0.05, 0.1) is 38.4 Å². The van der Waals surface area contributed by atoms with E-state index in [0.717, 1.165) is 72.4 Å². The van der Waals surface area contributed by atoms with Crippen molar-refractivity contribution in [3.8, 4) is 23.5 Å². The lowest BCUT2D eigenvalue weighted by molar-refractivity contribution is -0.120. The maximum atomic E-state index is 12.6. The summed E-state index contributed by atoms with van der Waals surface area (Å²) in [5.41, 5.74) is 20.3. The molecule has 0 saturated carbocycles. The van der Waals surface area contributed by atoms with Gasteiger partial charge in [0.25, 0.3) is 0 Å². The minimum absolute atomic E-state index is 0.00463. The van der Waals surface area contributed by atoms with Gasteiger partial charge in [-0.15, -0.1) is 21.7 Å². The van der Waals surface area contributed by atoms with Crippen LogP contribution in [-0.4, -0.2) is 122 Å². The van der Waals surface area contributed by atoms with Gasteiger partial charge in [-0.1, -0.05) is 135 Å². The van der Waals surface area contributed by atoms with E-state index >= 15 is 0 Å². The van der Waals surface area contributed by atoms with E-state index in [2.05, 4.69) is 113 Å². The Morgan fingerprint density at radius 3 is 1.45 bits per heavy atom. The number of alkyl carbamates (subject to hydrolysis) is 1. The van der Waals surface area contributed by atoms with E-state index in [1.165, 1.54) is 59.3 Å². The molecule has 0 spiro atoms. The number of aryl methyl sites for hydroxylation is 3. The highest BCUT2D eigenvalue weighted by atomic mass is 16.5. The molecule has 0 saturated heterocycles. The predicted molar refractivity (Wildman–Crippen MR) is 314 cm³/mol. The maximum absolute atomic E-state index is 12.6. The molecule has 25 nitrogen and oxygen atoms in total. The van der Waals surface area contributed by atoms with E-state index in [9.17, 15) is 24.0 Å². The highest BCUT2D eigenvalue weighted by Gasteiger charge is 2.29. The van der Waals surface area contributed by atoms with Crippen LogP contribution in [0.3, 0.4) is 0 Å². The zero-order valence-corrected chi connectivity index (χ0v) is 49.6. The number of azide groups is 1. The Labute approximate surface area is 483 Å². The second-order valence-electron chi connectivity index (χ2n) is 18.5. The Morgan fingerprint density at radius 2 is 1.06 bits per heavy atom. The number of primary amides is 1. The van der Waals surface area contributed by atoms with Crippen LogP contribution < -0.4 is 27.0 Å². The van der Waals surface area contributed by atoms with Gasteiger partial charge in [-0.25, -0.2) is 4.79 Å². The average molecular weight is 1140 g/mol. The minimum atomic E-state index is -0.824. The maximum Gasteiger partial charge on any atom is 0.407 e. The standard InChI is InChI=1S/C32H40N8O4.C11H17N3O.C5H11N3.3C3H7NO/c1-2-3-9-16-39-18-23(35-37-39)20-43-21-24-19-40(38-36-24)17-10-8-15-30(31(33)41)34-32(42)44-22-29-27-13-6-4-11-25(27)26-12-5-7-14-28(26)29;1-3-5-6-7-14-9-11(12-13-14)10-15-8-4-2;1-2-3-4-5-7-8-6;3*1-3(5)4-2/h4-7,11-14,18-19,29-30H,2-3,8-10,15-17,20-22H2,1H3,(H2,33,41)(H,34,42);2,9H,3,5-8,10H2,1H3;2-5H2,1H3;3*1-2H3,(H,4,5)/t30-;;;;;/m0...../s1. The summed E-state index contributed by atoms with van der Waals surface area (Å²) in [5.74, 6) is 1.76. The zero-order valence-electron chi connectivity index (χ0n) is 49.6. The number of terminal acetylenes is 1. The number of carbonyl (C=O) groups excluding carboxylic acids is 5. The zero-order chi connectivity index (χ0) is 60.8. The second kappa shape index (κ2) is 45.5. The molecule has 6 N–H and O–H groups in total. The van der Waals surface area contributed by atoms with E-state index < -0.39 is 18.0 Å². The van der Waals surface area contributed by atoms with Crippen molar-refractivity contribution in [3.05, 3.63) is 106 Å². The van der Waals surface area contributed by atoms with E-state index in [1.807, 2.05) is 52.2 Å². The fraction of sp³-hybridized carbons (Fsp3) is 0.561. The highest BCUT2D eigenvalue weighted by Crippen LogP contribution is 2.44. The number of ether oxygens (including phenoxy) is 3. The molecule has 5 amide bonds. The van der Waals surface area contributed by atoms with Crippen LogP contribution in [-0.2, 0) is 72.8 Å². The molecule has 6 rings (SSSR count). The summed E-state index contributed by atoms with van der Waals surface area (Å²) < 4.78 is 21.9. The summed E-state index contributed by atoms with van der Waals surface area (Å²) in [6, 6.07) is 15.4. The van der Waals surface area contributed by atoms with Crippen molar-refractivity contribution in [2.75, 3.05) is 40.9 Å². The molecule has 0 bridgehead atoms. The van der Waals surface area contributed by atoms with Gasteiger partial charge in [0.2, 0.25) is 23.6 Å². The summed E-state index contributed by atoms with van der Waals surface area (Å²) in [6.45, 7) is 15.5. The SMILES string of the molecule is C#CCOCc1cn(CCCCC)nn1.CCCCCN=[N+]=[N-].CCCCCn1cc(COCc2cn(CCCC[C@H](NC(=O)OCC3c4ccccc4-c4ccccc43)C(N)=O)nn2)nn1.CNC(C)=O.CNC(C)=O.CNC(C)=O. The van der Waals surface area contributed by atoms with Crippen molar-refractivity contribution < 1.29 is 38.2 Å². The predicted octanol–water partition coefficient (Wildman–Crippen LogP) is 7.70. The number of rotatable bonds is 28. The minimum Gasteiger partial charge on any atom is -0.449 e. The lowest BCUT2D eigenvalue weighted by Crippen LogP contribution is -2.44. The number of amides is 5. The Hall–Kier alpha value is -8.20. The topological polar surface area (TPSA) is 328 Å². The number of hydrogen-bond donors (Lipinski definition) is 5. The van der Waals surface area contributed by atoms with Gasteiger partial charge in [0.15, 0.2) is 0 Å². The van der Waals surface area contributed by atoms with Gasteiger partial charge in [-0.2, -0.15) is 0 Å². The third-order valence-corrected chi connectivity index (χ3v) is 11.8. The smallest absolute Gasteiger partial charge is 0.407 e. The second-order valence-corrected chi connectivity index (χ2v) is 18.5. The molecule has 450 valence electrons. The van der Waals surface area contributed by atoms with Gasteiger partial charge >= 0.3 is 6.09 Å². The molecule has 0 fully saturated rings. The van der Waals surface area contributed by atoms with E-state index in [0.29, 0.717) is 58.1 Å². The number of unbranched alkanes of at least 4 members (excludes halogenated alkanes) is 7. The van der Waals surface area contributed by atoms with Crippen LogP contribution >= 0.6 is 0 Å². The molecule has 3 heterocycles. The van der Waals surface area contributed by atoms with Gasteiger partial charge < -0.3 is 41.2 Å². The van der Waals surface area contributed by atoms with Crippen molar-refractivity contribution in [1.29, 1.82) is 0 Å². The number of nitrogens with zero attached hydrogens (tertiary/aromatic N) is 12.